The minimum Gasteiger partial charge on any atom is -0.488 e. The van der Waals surface area contributed by atoms with E-state index in [1.807, 2.05) is 36.7 Å². The maximum Gasteiger partial charge on any atom is 0.196 e. The molecule has 0 amide bonds. The smallest absolute Gasteiger partial charge is 0.196 e. The van der Waals surface area contributed by atoms with Gasteiger partial charge in [-0.2, -0.15) is 5.26 Å². The molecule has 21 heavy (non-hydrogen) atoms. The maximum absolute atomic E-state index is 12.5. The lowest BCUT2D eigenvalue weighted by Crippen LogP contribution is -2.18. The van der Waals surface area contributed by atoms with E-state index >= 15 is 0 Å². The summed E-state index contributed by atoms with van der Waals surface area (Å²) in [4.78, 5) is 12.5. The Hall–Kier alpha value is -2.80. The molecule has 4 nitrogen and oxygen atoms in total. The zero-order chi connectivity index (χ0) is 15.0. The third kappa shape index (κ3) is 2.13. The highest BCUT2D eigenvalue weighted by atomic mass is 16.5. The van der Waals surface area contributed by atoms with E-state index in [0.29, 0.717) is 22.6 Å². The lowest BCUT2D eigenvalue weighted by atomic mass is 9.98. The summed E-state index contributed by atoms with van der Waals surface area (Å²) in [6.45, 7) is 2.18. The topological polar surface area (TPSA) is 55.0 Å². The molecule has 0 spiro atoms. The van der Waals surface area contributed by atoms with Gasteiger partial charge >= 0.3 is 0 Å². The molecule has 0 saturated heterocycles. The third-order valence-corrected chi connectivity index (χ3v) is 3.83. The van der Waals surface area contributed by atoms with Gasteiger partial charge in [-0.3, -0.25) is 4.79 Å². The number of hydrogen-bond donors (Lipinski definition) is 0. The van der Waals surface area contributed by atoms with Crippen molar-refractivity contribution in [3.8, 4) is 11.8 Å². The SMILES string of the molecule is Cc1c(/C=C2\COc3ccccc3C2=O)cc(C#N)n1C. The lowest BCUT2D eigenvalue weighted by molar-refractivity contribution is 0.100. The van der Waals surface area contributed by atoms with Crippen LogP contribution in [0.5, 0.6) is 5.75 Å². The summed E-state index contributed by atoms with van der Waals surface area (Å²) < 4.78 is 7.43. The van der Waals surface area contributed by atoms with Crippen LogP contribution in [0.1, 0.15) is 27.3 Å². The number of Topliss-reactive ketones (excluding diaryl/α,β-unsaturated/α-hetero) is 1. The van der Waals surface area contributed by atoms with E-state index in [0.717, 1.165) is 11.3 Å². The number of ketones is 1. The van der Waals surface area contributed by atoms with E-state index in [1.54, 1.807) is 18.2 Å². The van der Waals surface area contributed by atoms with Crippen LogP contribution in [-0.4, -0.2) is 17.0 Å². The number of nitriles is 1. The van der Waals surface area contributed by atoms with Crippen molar-refractivity contribution in [2.75, 3.05) is 6.61 Å². The average molecular weight is 278 g/mol. The number of fused-ring (bicyclic) bond motifs is 1. The average Bonchev–Trinajstić information content (AvgIpc) is 2.78. The van der Waals surface area contributed by atoms with Crippen molar-refractivity contribution in [1.29, 1.82) is 5.26 Å². The van der Waals surface area contributed by atoms with Crippen LogP contribution in [0.2, 0.25) is 0 Å². The second-order valence-corrected chi connectivity index (χ2v) is 5.02. The Labute approximate surface area is 122 Å². The van der Waals surface area contributed by atoms with Crippen molar-refractivity contribution >= 4 is 11.9 Å². The molecule has 2 heterocycles. The van der Waals surface area contributed by atoms with E-state index in [-0.39, 0.29) is 12.4 Å². The normalized spacial score (nSPS) is 15.5. The first kappa shape index (κ1) is 13.2. The molecule has 1 aliphatic rings. The molecule has 0 bridgehead atoms. The summed E-state index contributed by atoms with van der Waals surface area (Å²) in [7, 11) is 1.84. The number of para-hydroxylation sites is 1. The van der Waals surface area contributed by atoms with Crippen molar-refractivity contribution < 1.29 is 9.53 Å². The molecule has 0 unspecified atom stereocenters. The summed E-state index contributed by atoms with van der Waals surface area (Å²) in [5, 5.41) is 9.06. The van der Waals surface area contributed by atoms with Gasteiger partial charge in [0.05, 0.1) is 5.56 Å². The minimum absolute atomic E-state index is 0.0152. The summed E-state index contributed by atoms with van der Waals surface area (Å²) in [5.74, 6) is 0.612. The quantitative estimate of drug-likeness (QED) is 0.754. The molecule has 0 fully saturated rings. The van der Waals surface area contributed by atoms with Gasteiger partial charge in [0, 0.05) is 18.3 Å². The fraction of sp³-hybridized carbons (Fsp3) is 0.176. The van der Waals surface area contributed by atoms with E-state index in [4.69, 9.17) is 10.00 Å². The molecule has 0 saturated carbocycles. The van der Waals surface area contributed by atoms with Crippen molar-refractivity contribution in [2.24, 2.45) is 7.05 Å². The molecule has 104 valence electrons. The fourth-order valence-electron chi connectivity index (χ4n) is 2.45. The van der Waals surface area contributed by atoms with Crippen LogP contribution in [0.4, 0.5) is 0 Å². The van der Waals surface area contributed by atoms with Crippen LogP contribution in [0, 0.1) is 18.3 Å². The first-order valence-corrected chi connectivity index (χ1v) is 6.65. The number of carbonyl (C=O) groups excluding carboxylic acids is 1. The van der Waals surface area contributed by atoms with Crippen LogP contribution < -0.4 is 4.74 Å². The number of aromatic nitrogens is 1. The second kappa shape index (κ2) is 4.95. The zero-order valence-electron chi connectivity index (χ0n) is 11.9. The Morgan fingerprint density at radius 1 is 1.38 bits per heavy atom. The van der Waals surface area contributed by atoms with E-state index in [2.05, 4.69) is 6.07 Å². The van der Waals surface area contributed by atoms with Crippen LogP contribution in [0.15, 0.2) is 35.9 Å². The van der Waals surface area contributed by atoms with Gasteiger partial charge in [0.1, 0.15) is 24.1 Å². The minimum atomic E-state index is -0.0152. The number of hydrogen-bond acceptors (Lipinski definition) is 3. The number of rotatable bonds is 1. The standard InChI is InChI=1S/C17H14N2O2/c1-11-12(8-14(9-18)19(11)2)7-13-10-21-16-6-4-3-5-15(16)17(13)20/h3-8H,10H2,1-2H3/b13-7+. The predicted molar refractivity (Wildman–Crippen MR) is 79.1 cm³/mol. The highest BCUT2D eigenvalue weighted by molar-refractivity contribution is 6.14. The highest BCUT2D eigenvalue weighted by Gasteiger charge is 2.23. The van der Waals surface area contributed by atoms with Crippen molar-refractivity contribution in [3.63, 3.8) is 0 Å². The molecule has 1 aromatic carbocycles. The van der Waals surface area contributed by atoms with Gasteiger partial charge in [-0.1, -0.05) is 12.1 Å². The van der Waals surface area contributed by atoms with Gasteiger partial charge < -0.3 is 9.30 Å². The van der Waals surface area contributed by atoms with Crippen LogP contribution >= 0.6 is 0 Å². The van der Waals surface area contributed by atoms with Gasteiger partial charge in [-0.05, 0) is 36.8 Å². The van der Waals surface area contributed by atoms with Crippen molar-refractivity contribution in [1.82, 2.24) is 4.57 Å². The second-order valence-electron chi connectivity index (χ2n) is 5.02. The third-order valence-electron chi connectivity index (χ3n) is 3.83. The zero-order valence-corrected chi connectivity index (χ0v) is 11.9. The van der Waals surface area contributed by atoms with Gasteiger partial charge in [0.2, 0.25) is 0 Å². The fourth-order valence-corrected chi connectivity index (χ4v) is 2.45. The van der Waals surface area contributed by atoms with Crippen LogP contribution in [0.3, 0.4) is 0 Å². The molecule has 2 aromatic rings. The monoisotopic (exact) mass is 278 g/mol. The molecular formula is C17H14N2O2. The molecule has 0 aliphatic carbocycles. The largest absolute Gasteiger partial charge is 0.488 e. The Bertz CT molecular complexity index is 807. The number of ether oxygens (including phenoxy) is 1. The molecular weight excluding hydrogens is 264 g/mol. The summed E-state index contributed by atoms with van der Waals surface area (Å²) >= 11 is 0. The number of nitrogens with zero attached hydrogens (tertiary/aromatic N) is 2. The molecule has 1 aliphatic heterocycles. The Morgan fingerprint density at radius 2 is 2.14 bits per heavy atom. The Balaban J connectivity index is 2.03. The van der Waals surface area contributed by atoms with E-state index < -0.39 is 0 Å². The molecule has 0 N–H and O–H groups in total. The number of benzene rings is 1. The Kier molecular flexibility index (Phi) is 3.11. The Morgan fingerprint density at radius 3 is 2.86 bits per heavy atom. The van der Waals surface area contributed by atoms with Crippen molar-refractivity contribution in [2.45, 2.75) is 6.92 Å². The molecule has 0 atom stereocenters. The van der Waals surface area contributed by atoms with Gasteiger partial charge in [-0.25, -0.2) is 0 Å². The molecule has 1 aromatic heterocycles. The van der Waals surface area contributed by atoms with E-state index in [1.165, 1.54) is 0 Å². The molecule has 0 radical (unpaired) electrons. The highest BCUT2D eigenvalue weighted by Crippen LogP contribution is 2.28. The molecule has 4 heteroatoms. The van der Waals surface area contributed by atoms with Gasteiger partial charge in [0.25, 0.3) is 0 Å². The number of carbonyl (C=O) groups is 1. The van der Waals surface area contributed by atoms with Crippen molar-refractivity contribution in [3.05, 3.63) is 58.4 Å². The first-order chi connectivity index (χ1) is 10.1. The maximum atomic E-state index is 12.5. The van der Waals surface area contributed by atoms with Crippen LogP contribution in [-0.2, 0) is 7.05 Å². The lowest BCUT2D eigenvalue weighted by Gasteiger charge is -2.18. The summed E-state index contributed by atoms with van der Waals surface area (Å²) in [5.41, 5.74) is 3.59. The first-order valence-electron chi connectivity index (χ1n) is 6.65. The van der Waals surface area contributed by atoms with Crippen LogP contribution in [0.25, 0.3) is 6.08 Å². The van der Waals surface area contributed by atoms with E-state index in [9.17, 15) is 4.79 Å². The summed E-state index contributed by atoms with van der Waals surface area (Å²) in [6, 6.07) is 11.2. The summed E-state index contributed by atoms with van der Waals surface area (Å²) in [6.07, 6.45) is 1.81. The van der Waals surface area contributed by atoms with Gasteiger partial charge in [-0.15, -0.1) is 0 Å². The van der Waals surface area contributed by atoms with Gasteiger partial charge in [0.15, 0.2) is 5.78 Å². The molecule has 3 rings (SSSR count). The predicted octanol–water partition coefficient (Wildman–Crippen LogP) is 2.86.